The Morgan fingerprint density at radius 3 is 2.54 bits per heavy atom. The zero-order chi connectivity index (χ0) is 17.2. The summed E-state index contributed by atoms with van der Waals surface area (Å²) in [6.07, 6.45) is 1.17. The molecular formula is C17H20FNO3S2. The van der Waals surface area contributed by atoms with Gasteiger partial charge in [0, 0.05) is 30.1 Å². The predicted octanol–water partition coefficient (Wildman–Crippen LogP) is 3.22. The molecule has 24 heavy (non-hydrogen) atoms. The maximum atomic E-state index is 14.3. The summed E-state index contributed by atoms with van der Waals surface area (Å²) in [5.74, 6) is -0.300. The summed E-state index contributed by atoms with van der Waals surface area (Å²) in [5, 5.41) is 0. The van der Waals surface area contributed by atoms with E-state index in [9.17, 15) is 12.8 Å². The summed E-state index contributed by atoms with van der Waals surface area (Å²) in [6, 6.07) is 9.97. The molecule has 130 valence electrons. The lowest BCUT2D eigenvalue weighted by atomic mass is 9.74. The van der Waals surface area contributed by atoms with Gasteiger partial charge in [-0.15, -0.1) is 11.3 Å². The number of ether oxygens (including phenoxy) is 1. The van der Waals surface area contributed by atoms with Crippen molar-refractivity contribution in [3.8, 4) is 0 Å². The number of rotatable bonds is 5. The smallest absolute Gasteiger partial charge is 0.250 e. The Balaban J connectivity index is 1.87. The first kappa shape index (κ1) is 17.5. The van der Waals surface area contributed by atoms with Gasteiger partial charge in [0.25, 0.3) is 0 Å². The van der Waals surface area contributed by atoms with E-state index in [1.54, 1.807) is 30.3 Å². The standard InChI is InChI=1S/C17H20FNO3S2/c1-13-6-7-16(23-13)24(20,21)19-12-17(8-10-22-11-9-17)14-4-2-3-5-15(14)18/h2-7,19H,8-12H2,1H3. The maximum absolute atomic E-state index is 14.3. The molecule has 0 aliphatic carbocycles. The van der Waals surface area contributed by atoms with Gasteiger partial charge in [-0.3, -0.25) is 0 Å². The summed E-state index contributed by atoms with van der Waals surface area (Å²) >= 11 is 1.23. The lowest BCUT2D eigenvalue weighted by Gasteiger charge is -2.38. The SMILES string of the molecule is Cc1ccc(S(=O)(=O)NCC2(c3ccccc3F)CCOCC2)s1. The molecule has 0 amide bonds. The highest BCUT2D eigenvalue weighted by Gasteiger charge is 2.37. The summed E-state index contributed by atoms with van der Waals surface area (Å²) in [4.78, 5) is 0.935. The second kappa shape index (κ2) is 6.92. The lowest BCUT2D eigenvalue weighted by Crippen LogP contribution is -2.45. The van der Waals surface area contributed by atoms with E-state index in [1.807, 2.05) is 6.92 Å². The van der Waals surface area contributed by atoms with Crippen LogP contribution >= 0.6 is 11.3 Å². The van der Waals surface area contributed by atoms with Crippen LogP contribution in [-0.4, -0.2) is 28.2 Å². The van der Waals surface area contributed by atoms with Crippen molar-refractivity contribution in [1.82, 2.24) is 4.72 Å². The first-order valence-corrected chi connectivity index (χ1v) is 10.1. The number of hydrogen-bond acceptors (Lipinski definition) is 4. The molecule has 2 heterocycles. The van der Waals surface area contributed by atoms with Crippen molar-refractivity contribution in [1.29, 1.82) is 0 Å². The van der Waals surface area contributed by atoms with Crippen molar-refractivity contribution in [3.63, 3.8) is 0 Å². The molecule has 7 heteroatoms. The molecule has 0 spiro atoms. The van der Waals surface area contributed by atoms with Crippen molar-refractivity contribution in [2.24, 2.45) is 0 Å². The van der Waals surface area contributed by atoms with Gasteiger partial charge in [0.2, 0.25) is 10.0 Å². The third-order valence-electron chi connectivity index (χ3n) is 4.48. The van der Waals surface area contributed by atoms with Crippen LogP contribution < -0.4 is 4.72 Å². The number of benzene rings is 1. The first-order valence-electron chi connectivity index (χ1n) is 7.82. The Morgan fingerprint density at radius 2 is 1.92 bits per heavy atom. The largest absolute Gasteiger partial charge is 0.381 e. The van der Waals surface area contributed by atoms with Crippen LogP contribution in [0.1, 0.15) is 23.3 Å². The van der Waals surface area contributed by atoms with E-state index in [0.717, 1.165) is 4.88 Å². The van der Waals surface area contributed by atoms with Gasteiger partial charge in [0.05, 0.1) is 0 Å². The molecule has 0 bridgehead atoms. The minimum Gasteiger partial charge on any atom is -0.381 e. The number of aryl methyl sites for hydroxylation is 1. The molecule has 3 rings (SSSR count). The molecule has 1 fully saturated rings. The van der Waals surface area contributed by atoms with Gasteiger partial charge in [-0.1, -0.05) is 18.2 Å². The molecule has 0 unspecified atom stereocenters. The van der Waals surface area contributed by atoms with Gasteiger partial charge < -0.3 is 4.74 Å². The third-order valence-corrected chi connectivity index (χ3v) is 7.37. The average Bonchev–Trinajstić information content (AvgIpc) is 3.02. The van der Waals surface area contributed by atoms with Crippen LogP contribution in [-0.2, 0) is 20.2 Å². The fraction of sp³-hybridized carbons (Fsp3) is 0.412. The van der Waals surface area contributed by atoms with Crippen molar-refractivity contribution >= 4 is 21.4 Å². The van der Waals surface area contributed by atoms with Gasteiger partial charge in [0.15, 0.2) is 0 Å². The van der Waals surface area contributed by atoms with Gasteiger partial charge in [0.1, 0.15) is 10.0 Å². The molecule has 1 aromatic carbocycles. The molecule has 0 radical (unpaired) electrons. The molecule has 1 aliphatic rings. The molecule has 0 atom stereocenters. The number of hydrogen-bond donors (Lipinski definition) is 1. The zero-order valence-corrected chi connectivity index (χ0v) is 15.1. The second-order valence-electron chi connectivity index (χ2n) is 6.06. The van der Waals surface area contributed by atoms with E-state index < -0.39 is 15.4 Å². The van der Waals surface area contributed by atoms with Crippen molar-refractivity contribution < 1.29 is 17.5 Å². The molecule has 4 nitrogen and oxygen atoms in total. The lowest BCUT2D eigenvalue weighted by molar-refractivity contribution is 0.0505. The molecule has 1 saturated heterocycles. The van der Waals surface area contributed by atoms with Gasteiger partial charge >= 0.3 is 0 Å². The van der Waals surface area contributed by atoms with E-state index >= 15 is 0 Å². The Labute approximate surface area is 145 Å². The van der Waals surface area contributed by atoms with Crippen LogP contribution in [0.15, 0.2) is 40.6 Å². The number of nitrogens with one attached hydrogen (secondary N) is 1. The van der Waals surface area contributed by atoms with Crippen LogP contribution in [0.2, 0.25) is 0 Å². The first-order chi connectivity index (χ1) is 11.4. The molecule has 2 aromatic rings. The highest BCUT2D eigenvalue weighted by Crippen LogP contribution is 2.36. The average molecular weight is 369 g/mol. The van der Waals surface area contributed by atoms with Crippen LogP contribution in [0.5, 0.6) is 0 Å². The molecule has 1 aliphatic heterocycles. The predicted molar refractivity (Wildman–Crippen MR) is 92.4 cm³/mol. The minimum atomic E-state index is -3.59. The molecule has 0 saturated carbocycles. The van der Waals surface area contributed by atoms with Crippen molar-refractivity contribution in [2.45, 2.75) is 29.4 Å². The van der Waals surface area contributed by atoms with Gasteiger partial charge in [-0.2, -0.15) is 0 Å². The monoisotopic (exact) mass is 369 g/mol. The Bertz CT molecular complexity index is 811. The Kier molecular flexibility index (Phi) is 5.05. The number of sulfonamides is 1. The second-order valence-corrected chi connectivity index (χ2v) is 9.34. The van der Waals surface area contributed by atoms with Gasteiger partial charge in [-0.25, -0.2) is 17.5 Å². The van der Waals surface area contributed by atoms with Crippen LogP contribution in [0, 0.1) is 12.7 Å². The topological polar surface area (TPSA) is 55.4 Å². The van der Waals surface area contributed by atoms with Gasteiger partial charge in [-0.05, 0) is 43.5 Å². The zero-order valence-electron chi connectivity index (χ0n) is 13.4. The normalized spacial score (nSPS) is 17.8. The van der Waals surface area contributed by atoms with E-state index in [4.69, 9.17) is 4.74 Å². The highest BCUT2D eigenvalue weighted by atomic mass is 32.2. The summed E-state index contributed by atoms with van der Waals surface area (Å²) in [6.45, 7) is 3.02. The van der Waals surface area contributed by atoms with E-state index in [1.165, 1.54) is 17.4 Å². The number of thiophene rings is 1. The Morgan fingerprint density at radius 1 is 1.21 bits per heavy atom. The minimum absolute atomic E-state index is 0.163. The number of halogens is 1. The quantitative estimate of drug-likeness (QED) is 0.880. The highest BCUT2D eigenvalue weighted by molar-refractivity contribution is 7.91. The van der Waals surface area contributed by atoms with Crippen molar-refractivity contribution in [3.05, 3.63) is 52.7 Å². The Hall–Kier alpha value is -1.28. The summed E-state index contributed by atoms with van der Waals surface area (Å²) in [5.41, 5.74) is -0.0264. The third kappa shape index (κ3) is 3.54. The molecular weight excluding hydrogens is 349 g/mol. The van der Waals surface area contributed by atoms with Crippen LogP contribution in [0.3, 0.4) is 0 Å². The van der Waals surface area contributed by atoms with E-state index in [2.05, 4.69) is 4.72 Å². The summed E-state index contributed by atoms with van der Waals surface area (Å²) in [7, 11) is -3.59. The fourth-order valence-electron chi connectivity index (χ4n) is 3.06. The maximum Gasteiger partial charge on any atom is 0.250 e. The van der Waals surface area contributed by atoms with Crippen LogP contribution in [0.4, 0.5) is 4.39 Å². The van der Waals surface area contributed by atoms with E-state index in [0.29, 0.717) is 31.6 Å². The fourth-order valence-corrected chi connectivity index (χ4v) is 5.51. The summed E-state index contributed by atoms with van der Waals surface area (Å²) < 4.78 is 47.8. The van der Waals surface area contributed by atoms with Crippen LogP contribution in [0.25, 0.3) is 0 Å². The van der Waals surface area contributed by atoms with Crippen molar-refractivity contribution in [2.75, 3.05) is 19.8 Å². The molecule has 1 N–H and O–H groups in total. The van der Waals surface area contributed by atoms with E-state index in [-0.39, 0.29) is 16.6 Å². The molecule has 1 aromatic heterocycles.